The number of ether oxygens (including phenoxy) is 3. The Morgan fingerprint density at radius 3 is 2.44 bits per heavy atom. The van der Waals surface area contributed by atoms with E-state index in [9.17, 15) is 9.59 Å². The fourth-order valence-corrected chi connectivity index (χ4v) is 2.70. The molecule has 25 heavy (non-hydrogen) atoms. The molecule has 0 spiro atoms. The highest BCUT2D eigenvalue weighted by atomic mass is 16.5. The molecule has 0 bridgehead atoms. The van der Waals surface area contributed by atoms with Gasteiger partial charge in [-0.15, -0.1) is 0 Å². The van der Waals surface area contributed by atoms with Gasteiger partial charge in [0, 0.05) is 12.3 Å². The van der Waals surface area contributed by atoms with Crippen LogP contribution in [0.4, 0.5) is 0 Å². The van der Waals surface area contributed by atoms with Crippen molar-refractivity contribution in [2.45, 2.75) is 6.54 Å². The minimum Gasteiger partial charge on any atom is -0.496 e. The summed E-state index contributed by atoms with van der Waals surface area (Å²) in [4.78, 5) is 23.8. The summed E-state index contributed by atoms with van der Waals surface area (Å²) in [5, 5.41) is 0.420. The van der Waals surface area contributed by atoms with Crippen LogP contribution < -0.4 is 14.9 Å². The van der Waals surface area contributed by atoms with Crippen molar-refractivity contribution in [2.75, 3.05) is 21.3 Å². The zero-order valence-electron chi connectivity index (χ0n) is 14.1. The molecule has 0 unspecified atom stereocenters. The number of nitrogens with zero attached hydrogens (tertiary/aromatic N) is 1. The number of carbonyl (C=O) groups is 1. The summed E-state index contributed by atoms with van der Waals surface area (Å²) in [7, 11) is 4.33. The fourth-order valence-electron chi connectivity index (χ4n) is 2.70. The van der Waals surface area contributed by atoms with Gasteiger partial charge >= 0.3 is 5.97 Å². The largest absolute Gasteiger partial charge is 0.496 e. The number of hydrogen-bond acceptors (Lipinski definition) is 6. The predicted molar refractivity (Wildman–Crippen MR) is 90.5 cm³/mol. The van der Waals surface area contributed by atoms with Gasteiger partial charge < -0.3 is 23.2 Å². The maximum absolute atomic E-state index is 12.3. The Morgan fingerprint density at radius 2 is 1.76 bits per heavy atom. The zero-order valence-corrected chi connectivity index (χ0v) is 14.1. The van der Waals surface area contributed by atoms with Gasteiger partial charge in [-0.05, 0) is 24.3 Å². The molecule has 0 aliphatic rings. The van der Waals surface area contributed by atoms with Crippen LogP contribution in [-0.2, 0) is 11.3 Å². The second kappa shape index (κ2) is 6.72. The van der Waals surface area contributed by atoms with Crippen molar-refractivity contribution in [3.8, 4) is 11.5 Å². The number of methoxy groups -OCH3 is 3. The van der Waals surface area contributed by atoms with E-state index in [1.54, 1.807) is 35.0 Å². The van der Waals surface area contributed by atoms with Crippen molar-refractivity contribution in [3.05, 3.63) is 58.3 Å². The number of aromatic nitrogens is 1. The normalized spacial score (nSPS) is 10.7. The Kier molecular flexibility index (Phi) is 4.47. The first-order valence-corrected chi connectivity index (χ1v) is 7.50. The van der Waals surface area contributed by atoms with Crippen molar-refractivity contribution in [3.63, 3.8) is 0 Å². The molecule has 1 aromatic carbocycles. The van der Waals surface area contributed by atoms with Crippen molar-refractivity contribution in [1.29, 1.82) is 0 Å². The van der Waals surface area contributed by atoms with Crippen LogP contribution in [0.2, 0.25) is 0 Å². The SMILES string of the molecule is COC(=O)c1ccc(Cn2ccc(=O)c3c(OC)ccc(OC)c32)o1. The fraction of sp³-hybridized carbons (Fsp3) is 0.222. The number of rotatable bonds is 5. The number of carbonyl (C=O) groups excluding carboxylic acids is 1. The molecule has 7 nitrogen and oxygen atoms in total. The smallest absolute Gasteiger partial charge is 0.373 e. The van der Waals surface area contributed by atoms with E-state index in [0.717, 1.165) is 0 Å². The summed E-state index contributed by atoms with van der Waals surface area (Å²) in [6, 6.07) is 8.11. The number of hydrogen-bond donors (Lipinski definition) is 0. The molecule has 2 aromatic heterocycles. The molecule has 7 heteroatoms. The molecule has 0 saturated carbocycles. The summed E-state index contributed by atoms with van der Waals surface area (Å²) in [6.45, 7) is 0.303. The Balaban J connectivity index is 2.13. The lowest BCUT2D eigenvalue weighted by Crippen LogP contribution is -2.11. The average molecular weight is 343 g/mol. The minimum atomic E-state index is -0.546. The zero-order chi connectivity index (χ0) is 18.0. The highest BCUT2D eigenvalue weighted by Gasteiger charge is 2.16. The summed E-state index contributed by atoms with van der Waals surface area (Å²) < 4.78 is 22.7. The minimum absolute atomic E-state index is 0.118. The highest BCUT2D eigenvalue weighted by Crippen LogP contribution is 2.31. The van der Waals surface area contributed by atoms with E-state index in [0.29, 0.717) is 34.7 Å². The first kappa shape index (κ1) is 16.6. The molecule has 3 rings (SSSR count). The molecule has 2 heterocycles. The van der Waals surface area contributed by atoms with Gasteiger partial charge in [-0.3, -0.25) is 4.79 Å². The molecule has 0 amide bonds. The number of fused-ring (bicyclic) bond motifs is 1. The Morgan fingerprint density at radius 1 is 1.04 bits per heavy atom. The van der Waals surface area contributed by atoms with E-state index >= 15 is 0 Å². The standard InChI is InChI=1S/C18H17NO6/c1-22-13-6-7-14(23-2)17-16(13)12(20)8-9-19(17)10-11-4-5-15(25-11)18(21)24-3/h4-9H,10H2,1-3H3. The van der Waals surface area contributed by atoms with Crippen molar-refractivity contribution in [2.24, 2.45) is 0 Å². The van der Waals surface area contributed by atoms with Crippen LogP contribution in [0.15, 0.2) is 45.7 Å². The molecule has 0 fully saturated rings. The Bertz CT molecular complexity index is 985. The van der Waals surface area contributed by atoms with Crippen LogP contribution in [-0.4, -0.2) is 31.9 Å². The average Bonchev–Trinajstić information content (AvgIpc) is 3.11. The van der Waals surface area contributed by atoms with E-state index in [1.165, 1.54) is 27.4 Å². The molecule has 0 aliphatic heterocycles. The maximum Gasteiger partial charge on any atom is 0.373 e. The third-order valence-electron chi connectivity index (χ3n) is 3.86. The molecule has 0 N–H and O–H groups in total. The lowest BCUT2D eigenvalue weighted by atomic mass is 10.1. The van der Waals surface area contributed by atoms with Crippen molar-refractivity contribution >= 4 is 16.9 Å². The lowest BCUT2D eigenvalue weighted by molar-refractivity contribution is 0.0563. The van der Waals surface area contributed by atoms with Crippen molar-refractivity contribution in [1.82, 2.24) is 4.57 Å². The molecule has 0 atom stereocenters. The van der Waals surface area contributed by atoms with Crippen LogP contribution in [0.5, 0.6) is 11.5 Å². The molecule has 3 aromatic rings. The number of furan rings is 1. The number of benzene rings is 1. The Hall–Kier alpha value is -3.22. The summed E-state index contributed by atoms with van der Waals surface area (Å²) in [5.41, 5.74) is 0.419. The van der Waals surface area contributed by atoms with Gasteiger partial charge in [0.05, 0.1) is 38.8 Å². The Labute approximate surface area is 143 Å². The first-order valence-electron chi connectivity index (χ1n) is 7.50. The molecular weight excluding hydrogens is 326 g/mol. The van der Waals surface area contributed by atoms with Crippen molar-refractivity contribution < 1.29 is 23.4 Å². The van der Waals surface area contributed by atoms with Gasteiger partial charge in [-0.1, -0.05) is 0 Å². The van der Waals surface area contributed by atoms with E-state index in [-0.39, 0.29) is 11.2 Å². The second-order valence-corrected chi connectivity index (χ2v) is 5.26. The second-order valence-electron chi connectivity index (χ2n) is 5.26. The molecule has 130 valence electrons. The maximum atomic E-state index is 12.3. The van der Waals surface area contributed by atoms with Crippen LogP contribution in [0.1, 0.15) is 16.3 Å². The molecule has 0 aliphatic carbocycles. The summed E-state index contributed by atoms with van der Waals surface area (Å²) in [6.07, 6.45) is 1.65. The topological polar surface area (TPSA) is 79.9 Å². The highest BCUT2D eigenvalue weighted by molar-refractivity contribution is 5.90. The van der Waals surface area contributed by atoms with E-state index in [1.807, 2.05) is 0 Å². The third-order valence-corrected chi connectivity index (χ3v) is 3.86. The molecule has 0 saturated heterocycles. The van der Waals surface area contributed by atoms with E-state index in [2.05, 4.69) is 4.74 Å². The van der Waals surface area contributed by atoms with E-state index < -0.39 is 5.97 Å². The van der Waals surface area contributed by atoms with E-state index in [4.69, 9.17) is 13.9 Å². The van der Waals surface area contributed by atoms with Gasteiger partial charge in [0.1, 0.15) is 17.3 Å². The van der Waals surface area contributed by atoms with Crippen LogP contribution in [0, 0.1) is 0 Å². The quantitative estimate of drug-likeness (QED) is 0.662. The lowest BCUT2D eigenvalue weighted by Gasteiger charge is -2.14. The molecular formula is C18H17NO6. The monoisotopic (exact) mass is 343 g/mol. The molecule has 0 radical (unpaired) electrons. The van der Waals surface area contributed by atoms with Gasteiger partial charge in [-0.25, -0.2) is 4.79 Å². The summed E-state index contributed by atoms with van der Waals surface area (Å²) >= 11 is 0. The predicted octanol–water partition coefficient (Wildman–Crippen LogP) is 2.45. The number of pyridine rings is 1. The third kappa shape index (κ3) is 2.96. The summed E-state index contributed by atoms with van der Waals surface area (Å²) in [5.74, 6) is 1.11. The first-order chi connectivity index (χ1) is 12.1. The van der Waals surface area contributed by atoms with Gasteiger partial charge in [0.15, 0.2) is 5.43 Å². The van der Waals surface area contributed by atoms with Crippen LogP contribution >= 0.6 is 0 Å². The van der Waals surface area contributed by atoms with Gasteiger partial charge in [0.2, 0.25) is 5.76 Å². The van der Waals surface area contributed by atoms with Crippen LogP contribution in [0.3, 0.4) is 0 Å². The van der Waals surface area contributed by atoms with Crippen LogP contribution in [0.25, 0.3) is 10.9 Å². The number of esters is 1. The van der Waals surface area contributed by atoms with Gasteiger partial charge in [0.25, 0.3) is 0 Å². The van der Waals surface area contributed by atoms with Gasteiger partial charge in [-0.2, -0.15) is 0 Å².